The number of alkyl halides is 1. The number of piperazine rings is 1. The third-order valence-corrected chi connectivity index (χ3v) is 7.29. The summed E-state index contributed by atoms with van der Waals surface area (Å²) in [6.45, 7) is 15.2. The number of rotatable bonds is 9. The number of dihydropyridines is 1. The number of amides is 2. The summed E-state index contributed by atoms with van der Waals surface area (Å²) in [5.74, 6) is -0.464. The van der Waals surface area contributed by atoms with Crippen LogP contribution in [0.25, 0.3) is 6.08 Å². The first-order valence-corrected chi connectivity index (χ1v) is 14.8. The molecule has 4 rings (SSSR count). The van der Waals surface area contributed by atoms with Gasteiger partial charge < -0.3 is 20.9 Å². The molecule has 0 spiro atoms. The first-order valence-electron chi connectivity index (χ1n) is 14.8. The Bertz CT molecular complexity index is 1180. The molecule has 8 heteroatoms. The molecule has 40 heavy (non-hydrogen) atoms. The molecule has 1 aliphatic carbocycles. The van der Waals surface area contributed by atoms with E-state index in [1.54, 1.807) is 12.3 Å². The van der Waals surface area contributed by atoms with E-state index >= 15 is 0 Å². The van der Waals surface area contributed by atoms with Crippen molar-refractivity contribution in [1.29, 1.82) is 0 Å². The largest absolute Gasteiger partial charge is 0.384 e. The molecule has 0 bridgehead atoms. The minimum absolute atomic E-state index is 0.0312. The van der Waals surface area contributed by atoms with E-state index in [1.165, 1.54) is 0 Å². The maximum Gasteiger partial charge on any atom is 0.254 e. The van der Waals surface area contributed by atoms with E-state index in [0.29, 0.717) is 24.5 Å². The molecular formula is C32H46FN5O2. The average Bonchev–Trinajstić information content (AvgIpc) is 3.70. The number of halogens is 1. The number of aromatic nitrogens is 1. The fraction of sp³-hybridized carbons (Fsp3) is 0.531. The van der Waals surface area contributed by atoms with Gasteiger partial charge in [-0.25, -0.2) is 9.37 Å². The van der Waals surface area contributed by atoms with Gasteiger partial charge in [-0.15, -0.1) is 0 Å². The van der Waals surface area contributed by atoms with Crippen LogP contribution in [-0.2, 0) is 9.59 Å². The lowest BCUT2D eigenvalue weighted by Gasteiger charge is -2.30. The molecule has 1 saturated heterocycles. The minimum atomic E-state index is -1.05. The van der Waals surface area contributed by atoms with Crippen molar-refractivity contribution < 1.29 is 14.0 Å². The van der Waals surface area contributed by atoms with Crippen molar-refractivity contribution in [3.63, 3.8) is 0 Å². The summed E-state index contributed by atoms with van der Waals surface area (Å²) in [5, 5.41) is 9.56. The molecule has 2 amide bonds. The van der Waals surface area contributed by atoms with Gasteiger partial charge in [-0.1, -0.05) is 46.3 Å². The lowest BCUT2D eigenvalue weighted by Crippen LogP contribution is -2.47. The van der Waals surface area contributed by atoms with Gasteiger partial charge in [0.15, 0.2) is 0 Å². The topological polar surface area (TPSA) is 86.4 Å². The molecule has 3 heterocycles. The SMILES string of the molecule is CC.CC/C=C(C(=O)N1CCNCC1)/C(=C\c1cnc(NC(=O)C2CC2F)cc1C)C1=CNC(CCC)C=C1C. The van der Waals surface area contributed by atoms with Gasteiger partial charge in [-0.05, 0) is 67.5 Å². The molecule has 218 valence electrons. The Morgan fingerprint density at radius 1 is 1.20 bits per heavy atom. The number of aryl methyl sites for hydroxylation is 1. The summed E-state index contributed by atoms with van der Waals surface area (Å²) >= 11 is 0. The lowest BCUT2D eigenvalue weighted by molar-refractivity contribution is -0.127. The Labute approximate surface area is 239 Å². The van der Waals surface area contributed by atoms with E-state index in [1.807, 2.05) is 50.9 Å². The Morgan fingerprint density at radius 3 is 2.48 bits per heavy atom. The fourth-order valence-electron chi connectivity index (χ4n) is 4.96. The van der Waals surface area contributed by atoms with Crippen LogP contribution < -0.4 is 16.0 Å². The van der Waals surface area contributed by atoms with Gasteiger partial charge in [0.2, 0.25) is 5.91 Å². The lowest BCUT2D eigenvalue weighted by atomic mass is 9.87. The summed E-state index contributed by atoms with van der Waals surface area (Å²) in [6, 6.07) is 2.07. The number of carbonyl (C=O) groups excluding carboxylic acids is 2. The van der Waals surface area contributed by atoms with E-state index in [0.717, 1.165) is 60.2 Å². The highest BCUT2D eigenvalue weighted by atomic mass is 19.1. The van der Waals surface area contributed by atoms with Crippen molar-refractivity contribution in [2.45, 2.75) is 79.4 Å². The van der Waals surface area contributed by atoms with E-state index in [-0.39, 0.29) is 24.3 Å². The van der Waals surface area contributed by atoms with Crippen molar-refractivity contribution in [3.8, 4) is 0 Å². The van der Waals surface area contributed by atoms with Crippen molar-refractivity contribution in [2.75, 3.05) is 31.5 Å². The van der Waals surface area contributed by atoms with Crippen molar-refractivity contribution in [1.82, 2.24) is 20.5 Å². The van der Waals surface area contributed by atoms with E-state index in [4.69, 9.17) is 0 Å². The zero-order valence-corrected chi connectivity index (χ0v) is 24.9. The van der Waals surface area contributed by atoms with Crippen molar-refractivity contribution in [2.24, 2.45) is 5.92 Å². The first kappa shape index (κ1) is 31.3. The normalized spacial score (nSPS) is 22.8. The quantitative estimate of drug-likeness (QED) is 0.280. The van der Waals surface area contributed by atoms with Crippen molar-refractivity contribution in [3.05, 3.63) is 64.0 Å². The number of hydrogen-bond acceptors (Lipinski definition) is 5. The van der Waals surface area contributed by atoms with Crippen LogP contribution in [0.5, 0.6) is 0 Å². The van der Waals surface area contributed by atoms with E-state index < -0.39 is 12.1 Å². The zero-order valence-electron chi connectivity index (χ0n) is 24.9. The van der Waals surface area contributed by atoms with Gasteiger partial charge in [-0.3, -0.25) is 9.59 Å². The molecule has 3 atom stereocenters. The van der Waals surface area contributed by atoms with E-state index in [9.17, 15) is 14.0 Å². The second kappa shape index (κ2) is 14.9. The zero-order chi connectivity index (χ0) is 29.2. The van der Waals surface area contributed by atoms with Crippen LogP contribution in [-0.4, -0.2) is 60.1 Å². The fourth-order valence-corrected chi connectivity index (χ4v) is 4.96. The second-order valence-corrected chi connectivity index (χ2v) is 10.4. The number of carbonyl (C=O) groups is 2. The number of allylic oxidation sites excluding steroid dienone is 3. The Hall–Kier alpha value is -3.26. The third kappa shape index (κ3) is 7.90. The van der Waals surface area contributed by atoms with Crippen LogP contribution in [0.1, 0.15) is 71.4 Å². The molecule has 1 aromatic rings. The van der Waals surface area contributed by atoms with Crippen LogP contribution in [0.3, 0.4) is 0 Å². The molecule has 7 nitrogen and oxygen atoms in total. The molecule has 1 saturated carbocycles. The van der Waals surface area contributed by atoms with Crippen LogP contribution >= 0.6 is 0 Å². The highest BCUT2D eigenvalue weighted by Gasteiger charge is 2.43. The Kier molecular flexibility index (Phi) is 11.7. The smallest absolute Gasteiger partial charge is 0.254 e. The van der Waals surface area contributed by atoms with Gasteiger partial charge in [0.25, 0.3) is 5.91 Å². The highest BCUT2D eigenvalue weighted by Crippen LogP contribution is 2.35. The molecule has 2 fully saturated rings. The number of hydrogen-bond donors (Lipinski definition) is 3. The Morgan fingerprint density at radius 2 is 1.90 bits per heavy atom. The van der Waals surface area contributed by atoms with Crippen LogP contribution in [0.4, 0.5) is 10.2 Å². The minimum Gasteiger partial charge on any atom is -0.384 e. The van der Waals surface area contributed by atoms with Crippen LogP contribution in [0.2, 0.25) is 0 Å². The summed E-state index contributed by atoms with van der Waals surface area (Å²) in [7, 11) is 0. The highest BCUT2D eigenvalue weighted by molar-refractivity contribution is 6.01. The molecule has 2 aliphatic heterocycles. The van der Waals surface area contributed by atoms with Crippen molar-refractivity contribution >= 4 is 23.7 Å². The van der Waals surface area contributed by atoms with Gasteiger partial charge in [0.1, 0.15) is 12.0 Å². The van der Waals surface area contributed by atoms with Gasteiger partial charge in [0.05, 0.1) is 5.92 Å². The second-order valence-electron chi connectivity index (χ2n) is 10.4. The van der Waals surface area contributed by atoms with Gasteiger partial charge in [-0.2, -0.15) is 0 Å². The standard InChI is InChI=1S/C30H40FN5O2.C2H6/c1-5-7-22-13-20(4)26(18-33-22)24(23(8-6-2)30(38)36-11-9-32-10-12-36)15-21-17-34-28(14-19(21)3)35-29(37)25-16-27(25)31;1-2/h8,13-15,17-18,22,25,27,32-33H,5-7,9-12,16H2,1-4H3,(H,34,35,37);1-2H3/b23-8-,24-15+;. The summed E-state index contributed by atoms with van der Waals surface area (Å²) < 4.78 is 13.3. The third-order valence-electron chi connectivity index (χ3n) is 7.29. The van der Waals surface area contributed by atoms with Crippen LogP contribution in [0, 0.1) is 12.8 Å². The predicted octanol–water partition coefficient (Wildman–Crippen LogP) is 5.47. The molecule has 0 radical (unpaired) electrons. The predicted molar refractivity (Wildman–Crippen MR) is 161 cm³/mol. The Balaban J connectivity index is 0.00000216. The number of anilines is 1. The maximum atomic E-state index is 13.8. The maximum absolute atomic E-state index is 13.8. The summed E-state index contributed by atoms with van der Waals surface area (Å²) in [5.41, 5.74) is 5.41. The van der Waals surface area contributed by atoms with Gasteiger partial charge in [0, 0.05) is 55.8 Å². The molecule has 3 aliphatic rings. The van der Waals surface area contributed by atoms with Crippen LogP contribution in [0.15, 0.2) is 52.9 Å². The van der Waals surface area contributed by atoms with E-state index in [2.05, 4.69) is 40.9 Å². The van der Waals surface area contributed by atoms with Gasteiger partial charge >= 0.3 is 0 Å². The molecule has 0 aromatic carbocycles. The molecule has 3 N–H and O–H groups in total. The first-order chi connectivity index (χ1) is 19.3. The number of nitrogens with zero attached hydrogens (tertiary/aromatic N) is 2. The molecule has 1 aromatic heterocycles. The average molecular weight is 552 g/mol. The molecule has 3 unspecified atom stereocenters. The summed E-state index contributed by atoms with van der Waals surface area (Å²) in [4.78, 5) is 32.4. The number of pyridine rings is 1. The number of nitrogens with one attached hydrogen (secondary N) is 3. The monoisotopic (exact) mass is 551 g/mol. The molecular weight excluding hydrogens is 505 g/mol. The summed E-state index contributed by atoms with van der Waals surface area (Å²) in [6.07, 6.45) is 12.1.